The van der Waals surface area contributed by atoms with Gasteiger partial charge in [0.2, 0.25) is 0 Å². The maximum Gasteiger partial charge on any atom is 0.282 e. The number of hydrazine groups is 1. The van der Waals surface area contributed by atoms with E-state index in [1.165, 1.54) is 11.1 Å². The number of carbonyl (C=O) groups excluding carboxylic acids is 2. The predicted molar refractivity (Wildman–Crippen MR) is 109 cm³/mol. The zero-order valence-electron chi connectivity index (χ0n) is 15.1. The van der Waals surface area contributed by atoms with Crippen LogP contribution in [-0.4, -0.2) is 30.0 Å². The minimum atomic E-state index is -0.505. The van der Waals surface area contributed by atoms with Crippen molar-refractivity contribution in [1.82, 2.24) is 5.43 Å². The molecule has 0 spiro atoms. The number of nitrogens with zero attached hydrogens (tertiary/aromatic N) is 2. The second-order valence-electron chi connectivity index (χ2n) is 6.03. The summed E-state index contributed by atoms with van der Waals surface area (Å²) >= 11 is 3.34. The van der Waals surface area contributed by atoms with Crippen molar-refractivity contribution in [2.45, 2.75) is 13.8 Å². The van der Waals surface area contributed by atoms with Crippen LogP contribution >= 0.6 is 15.9 Å². The number of carbonyl (C=O) groups is 2. The highest BCUT2D eigenvalue weighted by Crippen LogP contribution is 2.29. The largest absolute Gasteiger partial charge is 0.507 e. The van der Waals surface area contributed by atoms with Gasteiger partial charge in [-0.2, -0.15) is 0 Å². The first-order valence-corrected chi connectivity index (χ1v) is 9.44. The van der Waals surface area contributed by atoms with E-state index < -0.39 is 11.8 Å². The zero-order chi connectivity index (χ0) is 19.6. The summed E-state index contributed by atoms with van der Waals surface area (Å²) in [6.45, 7) is 5.71. The van der Waals surface area contributed by atoms with Crippen LogP contribution in [-0.2, 0) is 9.59 Å². The third kappa shape index (κ3) is 3.83. The molecule has 27 heavy (non-hydrogen) atoms. The standard InChI is InChI=1S/C20H20BrN3O3/c1-3-23(4-2)16-8-5-13(18(25)12-16)11-17-19(26)22-24(20(17)27)15-9-6-14(21)7-10-15/h5-12,25H,3-4H2,1-2H3,(H,22,26). The fraction of sp³-hybridized carbons (Fsp3) is 0.200. The highest BCUT2D eigenvalue weighted by atomic mass is 79.9. The molecule has 0 saturated carbocycles. The van der Waals surface area contributed by atoms with Crippen LogP contribution in [0, 0.1) is 0 Å². The Bertz CT molecular complexity index is 905. The molecule has 2 amide bonds. The fourth-order valence-corrected chi connectivity index (χ4v) is 3.19. The molecule has 1 aliphatic heterocycles. The number of halogens is 1. The second-order valence-corrected chi connectivity index (χ2v) is 6.95. The number of aromatic hydroxyl groups is 1. The molecule has 3 rings (SSSR count). The van der Waals surface area contributed by atoms with Gasteiger partial charge in [0.25, 0.3) is 11.8 Å². The summed E-state index contributed by atoms with van der Waals surface area (Å²) in [4.78, 5) is 27.0. The van der Waals surface area contributed by atoms with Gasteiger partial charge in [0.1, 0.15) is 11.3 Å². The lowest BCUT2D eigenvalue weighted by atomic mass is 10.1. The number of amides is 2. The predicted octanol–water partition coefficient (Wildman–Crippen LogP) is 3.46. The van der Waals surface area contributed by atoms with E-state index in [9.17, 15) is 14.7 Å². The quantitative estimate of drug-likeness (QED) is 0.563. The number of phenolic OH excluding ortho intramolecular Hbond substituents is 1. The lowest BCUT2D eigenvalue weighted by Crippen LogP contribution is -2.35. The summed E-state index contributed by atoms with van der Waals surface area (Å²) in [5.74, 6) is -0.945. The molecule has 1 saturated heterocycles. The molecule has 7 heteroatoms. The zero-order valence-corrected chi connectivity index (χ0v) is 16.7. The highest BCUT2D eigenvalue weighted by molar-refractivity contribution is 9.10. The van der Waals surface area contributed by atoms with E-state index in [2.05, 4.69) is 26.3 Å². The normalized spacial score (nSPS) is 15.4. The minimum Gasteiger partial charge on any atom is -0.507 e. The number of phenols is 1. The number of nitrogens with one attached hydrogen (secondary N) is 1. The molecule has 0 radical (unpaired) electrons. The number of anilines is 2. The van der Waals surface area contributed by atoms with Crippen molar-refractivity contribution < 1.29 is 14.7 Å². The molecule has 2 aromatic carbocycles. The summed E-state index contributed by atoms with van der Waals surface area (Å²) in [5, 5.41) is 11.5. The maximum atomic E-state index is 12.7. The van der Waals surface area contributed by atoms with E-state index in [1.54, 1.807) is 36.4 Å². The molecule has 6 nitrogen and oxygen atoms in total. The van der Waals surface area contributed by atoms with Crippen LogP contribution in [0.25, 0.3) is 6.08 Å². The Labute approximate surface area is 166 Å². The number of rotatable bonds is 5. The molecule has 140 valence electrons. The summed E-state index contributed by atoms with van der Waals surface area (Å²) < 4.78 is 0.873. The lowest BCUT2D eigenvalue weighted by Gasteiger charge is -2.21. The Morgan fingerprint density at radius 2 is 1.78 bits per heavy atom. The van der Waals surface area contributed by atoms with E-state index in [0.717, 1.165) is 23.2 Å². The molecule has 1 aliphatic rings. The Balaban J connectivity index is 1.89. The van der Waals surface area contributed by atoms with Crippen molar-refractivity contribution in [3.8, 4) is 5.75 Å². The van der Waals surface area contributed by atoms with Crippen LogP contribution in [0.15, 0.2) is 52.5 Å². The van der Waals surface area contributed by atoms with Crippen molar-refractivity contribution in [2.75, 3.05) is 23.0 Å². The van der Waals surface area contributed by atoms with Gasteiger partial charge in [-0.25, -0.2) is 5.01 Å². The Hall–Kier alpha value is -2.80. The van der Waals surface area contributed by atoms with Crippen LogP contribution in [0.2, 0.25) is 0 Å². The Morgan fingerprint density at radius 3 is 2.37 bits per heavy atom. The number of benzene rings is 2. The third-order valence-electron chi connectivity index (χ3n) is 4.42. The van der Waals surface area contributed by atoms with Crippen LogP contribution in [0.4, 0.5) is 11.4 Å². The van der Waals surface area contributed by atoms with Gasteiger partial charge in [0.05, 0.1) is 5.69 Å². The van der Waals surface area contributed by atoms with Gasteiger partial charge in [-0.3, -0.25) is 15.0 Å². The first kappa shape index (κ1) is 19.0. The first-order chi connectivity index (χ1) is 12.9. The molecular weight excluding hydrogens is 410 g/mol. The minimum absolute atomic E-state index is 0.0228. The van der Waals surface area contributed by atoms with E-state index in [-0.39, 0.29) is 11.3 Å². The topological polar surface area (TPSA) is 72.9 Å². The molecule has 0 unspecified atom stereocenters. The van der Waals surface area contributed by atoms with Gasteiger partial charge in [-0.15, -0.1) is 0 Å². The molecule has 0 atom stereocenters. The summed E-state index contributed by atoms with van der Waals surface area (Å²) in [6.07, 6.45) is 1.41. The molecule has 2 N–H and O–H groups in total. The van der Waals surface area contributed by atoms with Crippen molar-refractivity contribution in [3.63, 3.8) is 0 Å². The molecule has 0 aliphatic carbocycles. The first-order valence-electron chi connectivity index (χ1n) is 8.65. The van der Waals surface area contributed by atoms with Gasteiger partial charge < -0.3 is 10.0 Å². The van der Waals surface area contributed by atoms with Crippen LogP contribution < -0.4 is 15.3 Å². The van der Waals surface area contributed by atoms with Gasteiger partial charge in [0.15, 0.2) is 0 Å². The fourth-order valence-electron chi connectivity index (χ4n) is 2.92. The van der Waals surface area contributed by atoms with E-state index >= 15 is 0 Å². The van der Waals surface area contributed by atoms with Crippen molar-refractivity contribution in [2.24, 2.45) is 0 Å². The Kier molecular flexibility index (Phi) is 5.51. The molecule has 0 aromatic heterocycles. The second kappa shape index (κ2) is 7.84. The SMILES string of the molecule is CCN(CC)c1ccc(C=C2C(=O)NN(c3ccc(Br)cc3)C2=O)c(O)c1. The molecule has 1 fully saturated rings. The molecule has 1 heterocycles. The smallest absolute Gasteiger partial charge is 0.282 e. The van der Waals surface area contributed by atoms with Crippen molar-refractivity contribution >= 4 is 45.2 Å². The van der Waals surface area contributed by atoms with E-state index in [4.69, 9.17) is 0 Å². The maximum absolute atomic E-state index is 12.7. The van der Waals surface area contributed by atoms with Crippen molar-refractivity contribution in [1.29, 1.82) is 0 Å². The van der Waals surface area contributed by atoms with E-state index in [1.807, 2.05) is 19.9 Å². The number of hydrogen-bond donors (Lipinski definition) is 2. The lowest BCUT2D eigenvalue weighted by molar-refractivity contribution is -0.117. The average molecular weight is 430 g/mol. The Morgan fingerprint density at radius 1 is 1.11 bits per heavy atom. The summed E-state index contributed by atoms with van der Waals surface area (Å²) in [6, 6.07) is 12.2. The molecule has 2 aromatic rings. The van der Waals surface area contributed by atoms with Gasteiger partial charge in [0, 0.05) is 34.9 Å². The molecular formula is C20H20BrN3O3. The third-order valence-corrected chi connectivity index (χ3v) is 4.95. The van der Waals surface area contributed by atoms with Gasteiger partial charge >= 0.3 is 0 Å². The van der Waals surface area contributed by atoms with Gasteiger partial charge in [-0.1, -0.05) is 15.9 Å². The van der Waals surface area contributed by atoms with Crippen LogP contribution in [0.1, 0.15) is 19.4 Å². The van der Waals surface area contributed by atoms with E-state index in [0.29, 0.717) is 11.3 Å². The highest BCUT2D eigenvalue weighted by Gasteiger charge is 2.34. The number of hydrogen-bond acceptors (Lipinski definition) is 4. The van der Waals surface area contributed by atoms with Gasteiger partial charge in [-0.05, 0) is 56.3 Å². The molecule has 0 bridgehead atoms. The monoisotopic (exact) mass is 429 g/mol. The summed E-state index contributed by atoms with van der Waals surface area (Å²) in [7, 11) is 0. The van der Waals surface area contributed by atoms with Crippen LogP contribution in [0.5, 0.6) is 5.75 Å². The van der Waals surface area contributed by atoms with Crippen LogP contribution in [0.3, 0.4) is 0 Å². The summed E-state index contributed by atoms with van der Waals surface area (Å²) in [5.41, 5.74) is 4.39. The average Bonchev–Trinajstić information content (AvgIpc) is 2.93. The van der Waals surface area contributed by atoms with Crippen molar-refractivity contribution in [3.05, 3.63) is 58.1 Å².